The Morgan fingerprint density at radius 2 is 2.03 bits per heavy atom. The molecule has 4 rings (SSSR count). The second kappa shape index (κ2) is 9.91. The zero-order chi connectivity index (χ0) is 25.1. The number of urea groups is 1. The first kappa shape index (κ1) is 23.9. The summed E-state index contributed by atoms with van der Waals surface area (Å²) >= 11 is 0. The largest absolute Gasteiger partial charge is 0.481 e. The Balaban J connectivity index is 1.52. The number of aliphatic carboxylic acids is 1. The molecule has 2 atom stereocenters. The maximum Gasteiger partial charge on any atom is 0.358 e. The van der Waals surface area contributed by atoms with Crippen LogP contribution in [0.2, 0.25) is 0 Å². The molecule has 0 spiro atoms. The molecular weight excluding hydrogens is 460 g/mol. The predicted molar refractivity (Wildman–Crippen MR) is 119 cm³/mol. The van der Waals surface area contributed by atoms with Crippen molar-refractivity contribution in [2.45, 2.75) is 44.2 Å². The third-order valence-corrected chi connectivity index (χ3v) is 5.98. The molecule has 3 N–H and O–H groups in total. The van der Waals surface area contributed by atoms with E-state index in [0.29, 0.717) is 24.7 Å². The van der Waals surface area contributed by atoms with Crippen LogP contribution < -0.4 is 10.7 Å². The van der Waals surface area contributed by atoms with E-state index >= 15 is 0 Å². The van der Waals surface area contributed by atoms with Crippen molar-refractivity contribution in [3.05, 3.63) is 29.3 Å². The lowest BCUT2D eigenvalue weighted by Crippen LogP contribution is -2.64. The summed E-state index contributed by atoms with van der Waals surface area (Å²) in [7, 11) is 0. The fourth-order valence-electron chi connectivity index (χ4n) is 4.26. The van der Waals surface area contributed by atoms with Crippen LogP contribution in [0.15, 0.2) is 23.2 Å². The number of hydrogen-bond acceptors (Lipinski definition) is 7. The smallest absolute Gasteiger partial charge is 0.358 e. The van der Waals surface area contributed by atoms with Gasteiger partial charge in [-0.2, -0.15) is 0 Å². The van der Waals surface area contributed by atoms with Gasteiger partial charge in [0.1, 0.15) is 12.3 Å². The van der Waals surface area contributed by atoms with Gasteiger partial charge in [0, 0.05) is 31.2 Å². The van der Waals surface area contributed by atoms with Gasteiger partial charge in [-0.05, 0) is 36.6 Å². The molecule has 1 aromatic rings. The van der Waals surface area contributed by atoms with E-state index < -0.39 is 48.2 Å². The van der Waals surface area contributed by atoms with Crippen molar-refractivity contribution in [2.75, 3.05) is 13.1 Å². The minimum Gasteiger partial charge on any atom is -0.481 e. The monoisotopic (exact) mass is 484 g/mol. The number of hydrazine groups is 2. The number of rotatable bonds is 7. The number of aldehydes is 1. The standard InChI is InChI=1S/C22H24N6O7/c29-12-15(11-19(31)32)24-21(34)17-2-1-8-27-18(30)6-9-26(22(35)28(17)27)25-20(33)14-3-4-16-13(10-14)5-7-23-16/h3-4,7,10,12,15,17H,1-2,5-6,8-9,11H2,(H,24,34)(H,25,33)(H,31,32)/t15-,17-/m0/s1. The molecule has 2 saturated heterocycles. The van der Waals surface area contributed by atoms with Crippen molar-refractivity contribution < 1.29 is 33.9 Å². The number of carboxylic acids is 1. The molecule has 35 heavy (non-hydrogen) atoms. The molecule has 2 fully saturated rings. The van der Waals surface area contributed by atoms with E-state index in [0.717, 1.165) is 21.3 Å². The Hall–Kier alpha value is -4.29. The highest BCUT2D eigenvalue weighted by molar-refractivity contribution is 5.98. The van der Waals surface area contributed by atoms with E-state index in [9.17, 15) is 28.8 Å². The number of nitrogens with one attached hydrogen (secondary N) is 2. The number of hydrogen-bond donors (Lipinski definition) is 3. The van der Waals surface area contributed by atoms with E-state index in [4.69, 9.17) is 5.11 Å². The number of carbonyl (C=O) groups is 6. The number of fused-ring (bicyclic) bond motifs is 2. The molecule has 3 aliphatic heterocycles. The molecule has 0 unspecified atom stereocenters. The van der Waals surface area contributed by atoms with Gasteiger partial charge in [-0.15, -0.1) is 0 Å². The fraction of sp³-hybridized carbons (Fsp3) is 0.409. The highest BCUT2D eigenvalue weighted by Gasteiger charge is 2.44. The lowest BCUT2D eigenvalue weighted by molar-refractivity contribution is -0.155. The van der Waals surface area contributed by atoms with Crippen LogP contribution in [-0.2, 0) is 25.6 Å². The van der Waals surface area contributed by atoms with Crippen LogP contribution in [0.1, 0.15) is 41.6 Å². The molecule has 3 aliphatic rings. The van der Waals surface area contributed by atoms with Gasteiger partial charge in [0.2, 0.25) is 11.8 Å². The van der Waals surface area contributed by atoms with Crippen LogP contribution in [0.4, 0.5) is 10.5 Å². The molecular formula is C22H24N6O7. The second-order valence-electron chi connectivity index (χ2n) is 8.35. The SMILES string of the molecule is O=C[C@H](CC(=O)O)NC(=O)[C@@H]1CCCN2C(=O)CCN(NC(=O)c3ccc4c(c3)CC=N4)C(=O)N12. The highest BCUT2D eigenvalue weighted by atomic mass is 16.4. The van der Waals surface area contributed by atoms with E-state index in [1.165, 1.54) is 5.01 Å². The Kier molecular flexibility index (Phi) is 6.75. The zero-order valence-corrected chi connectivity index (χ0v) is 18.7. The Bertz CT molecular complexity index is 1120. The summed E-state index contributed by atoms with van der Waals surface area (Å²) < 4.78 is 0. The molecule has 5 amide bonds. The van der Waals surface area contributed by atoms with Crippen molar-refractivity contribution in [3.8, 4) is 0 Å². The molecule has 13 nitrogen and oxygen atoms in total. The Labute approximate surface area is 199 Å². The normalized spacial score (nSPS) is 20.0. The molecule has 0 saturated carbocycles. The summed E-state index contributed by atoms with van der Waals surface area (Å²) in [4.78, 5) is 78.3. The molecule has 184 valence electrons. The second-order valence-corrected chi connectivity index (χ2v) is 8.35. The summed E-state index contributed by atoms with van der Waals surface area (Å²) in [6.45, 7) is 0.0992. The van der Waals surface area contributed by atoms with Crippen molar-refractivity contribution >= 4 is 47.9 Å². The number of amides is 5. The van der Waals surface area contributed by atoms with Crippen molar-refractivity contribution in [2.24, 2.45) is 4.99 Å². The van der Waals surface area contributed by atoms with Crippen LogP contribution in [0.5, 0.6) is 0 Å². The maximum atomic E-state index is 13.4. The average Bonchev–Trinajstić information content (AvgIpc) is 3.28. The summed E-state index contributed by atoms with van der Waals surface area (Å²) in [6.07, 6.45) is 2.54. The summed E-state index contributed by atoms with van der Waals surface area (Å²) in [5, 5.41) is 14.4. The number of benzene rings is 1. The van der Waals surface area contributed by atoms with Gasteiger partial charge in [-0.25, -0.2) is 19.8 Å². The van der Waals surface area contributed by atoms with Gasteiger partial charge in [0.15, 0.2) is 0 Å². The van der Waals surface area contributed by atoms with Crippen LogP contribution in [0.3, 0.4) is 0 Å². The van der Waals surface area contributed by atoms with Crippen LogP contribution in [0.25, 0.3) is 0 Å². The number of nitrogens with zero attached hydrogens (tertiary/aromatic N) is 4. The van der Waals surface area contributed by atoms with E-state index in [1.54, 1.807) is 24.4 Å². The Morgan fingerprint density at radius 3 is 2.77 bits per heavy atom. The maximum absolute atomic E-state index is 13.4. The first-order chi connectivity index (χ1) is 16.8. The number of aliphatic imine (C=N–C) groups is 1. The average molecular weight is 484 g/mol. The lowest BCUT2D eigenvalue weighted by atomic mass is 10.1. The molecule has 1 aromatic carbocycles. The first-order valence-corrected chi connectivity index (χ1v) is 11.1. The molecule has 0 aromatic heterocycles. The van der Waals surface area contributed by atoms with Gasteiger partial charge < -0.3 is 15.2 Å². The van der Waals surface area contributed by atoms with E-state index in [-0.39, 0.29) is 25.9 Å². The lowest BCUT2D eigenvalue weighted by Gasteiger charge is -2.42. The molecule has 0 aliphatic carbocycles. The number of carboxylic acid groups (broad SMARTS) is 1. The topological polar surface area (TPSA) is 169 Å². The van der Waals surface area contributed by atoms with Gasteiger partial charge in [-0.1, -0.05) is 0 Å². The third-order valence-electron chi connectivity index (χ3n) is 5.98. The summed E-state index contributed by atoms with van der Waals surface area (Å²) in [6, 6.07) is 1.73. The first-order valence-electron chi connectivity index (χ1n) is 11.1. The molecule has 13 heteroatoms. The van der Waals surface area contributed by atoms with Crippen molar-refractivity contribution in [1.29, 1.82) is 0 Å². The van der Waals surface area contributed by atoms with Gasteiger partial charge in [0.05, 0.1) is 24.7 Å². The quantitative estimate of drug-likeness (QED) is 0.450. The molecule has 3 heterocycles. The number of carbonyl (C=O) groups excluding carboxylic acids is 5. The summed E-state index contributed by atoms with van der Waals surface area (Å²) in [5.74, 6) is -3.00. The van der Waals surface area contributed by atoms with Crippen LogP contribution in [-0.4, -0.2) is 87.5 Å². The van der Waals surface area contributed by atoms with E-state index in [2.05, 4.69) is 15.7 Å². The predicted octanol–water partition coefficient (Wildman–Crippen LogP) is -0.218. The van der Waals surface area contributed by atoms with Crippen LogP contribution >= 0.6 is 0 Å². The van der Waals surface area contributed by atoms with E-state index in [1.807, 2.05) is 0 Å². The highest BCUT2D eigenvalue weighted by Crippen LogP contribution is 2.26. The van der Waals surface area contributed by atoms with Gasteiger partial charge >= 0.3 is 12.0 Å². The summed E-state index contributed by atoms with van der Waals surface area (Å²) in [5.41, 5.74) is 4.48. The van der Waals surface area contributed by atoms with Gasteiger partial charge in [0.25, 0.3) is 5.91 Å². The minimum atomic E-state index is -1.28. The van der Waals surface area contributed by atoms with Crippen molar-refractivity contribution in [1.82, 2.24) is 25.8 Å². The van der Waals surface area contributed by atoms with Gasteiger partial charge in [-0.3, -0.25) is 29.6 Å². The zero-order valence-electron chi connectivity index (χ0n) is 18.7. The minimum absolute atomic E-state index is 0.0785. The third kappa shape index (κ3) is 4.98. The Morgan fingerprint density at radius 1 is 1.23 bits per heavy atom. The molecule has 0 bridgehead atoms. The fourth-order valence-corrected chi connectivity index (χ4v) is 4.26. The van der Waals surface area contributed by atoms with Crippen LogP contribution in [0, 0.1) is 0 Å². The molecule has 0 radical (unpaired) electrons. The van der Waals surface area contributed by atoms with Crippen molar-refractivity contribution in [3.63, 3.8) is 0 Å².